The fraction of sp³-hybridized carbons (Fsp3) is 0.848. The minimum absolute atomic E-state index is 0.0234. The minimum Gasteiger partial charge on any atom is -0.756 e. The first kappa shape index (κ1) is 74.0. The van der Waals surface area contributed by atoms with Crippen molar-refractivity contribution in [1.82, 2.24) is 5.32 Å². The van der Waals surface area contributed by atoms with Crippen LogP contribution >= 0.6 is 7.82 Å². The summed E-state index contributed by atoms with van der Waals surface area (Å²) in [5, 5.41) is 3.03. The van der Waals surface area contributed by atoms with Crippen LogP contribution in [0.15, 0.2) is 48.6 Å². The first-order chi connectivity index (χ1) is 36.9. The van der Waals surface area contributed by atoms with E-state index in [0.29, 0.717) is 23.9 Å². The maximum Gasteiger partial charge on any atom is 0.306 e. The Morgan fingerprint density at radius 2 is 0.803 bits per heavy atom. The van der Waals surface area contributed by atoms with Crippen LogP contribution in [-0.2, 0) is 27.9 Å². The number of carbonyl (C=O) groups excluding carboxylic acids is 2. The van der Waals surface area contributed by atoms with E-state index in [1.54, 1.807) is 0 Å². The number of esters is 1. The van der Waals surface area contributed by atoms with Crippen molar-refractivity contribution < 1.29 is 37.3 Å². The third kappa shape index (κ3) is 56.7. The molecule has 0 rings (SSSR count). The zero-order chi connectivity index (χ0) is 55.7. The van der Waals surface area contributed by atoms with Crippen LogP contribution in [0.5, 0.6) is 0 Å². The number of allylic oxidation sites excluding steroid dienone is 7. The summed E-state index contributed by atoms with van der Waals surface area (Å²) in [5.41, 5.74) is 0. The zero-order valence-electron chi connectivity index (χ0n) is 51.0. The lowest BCUT2D eigenvalue weighted by Crippen LogP contribution is -2.47. The number of carbonyl (C=O) groups is 2. The minimum atomic E-state index is -4.70. The van der Waals surface area contributed by atoms with Gasteiger partial charge in [-0.15, -0.1) is 0 Å². The highest BCUT2D eigenvalue weighted by Crippen LogP contribution is 2.38. The Morgan fingerprint density at radius 1 is 0.461 bits per heavy atom. The Bertz CT molecular complexity index is 1440. The predicted molar refractivity (Wildman–Crippen MR) is 326 cm³/mol. The quantitative estimate of drug-likeness (QED) is 0.0212. The van der Waals surface area contributed by atoms with E-state index in [-0.39, 0.29) is 24.9 Å². The van der Waals surface area contributed by atoms with E-state index < -0.39 is 26.6 Å². The first-order valence-corrected chi connectivity index (χ1v) is 33.9. The molecule has 10 heteroatoms. The van der Waals surface area contributed by atoms with Crippen LogP contribution in [-0.4, -0.2) is 69.4 Å². The van der Waals surface area contributed by atoms with Crippen molar-refractivity contribution in [2.45, 2.75) is 322 Å². The molecule has 0 spiro atoms. The molecule has 0 aliphatic rings. The molecule has 0 aliphatic carbocycles. The van der Waals surface area contributed by atoms with Gasteiger partial charge in [0.2, 0.25) is 5.91 Å². The molecule has 0 aromatic heterocycles. The monoisotopic (exact) mass is 1090 g/mol. The van der Waals surface area contributed by atoms with Crippen molar-refractivity contribution in [3.8, 4) is 0 Å². The molecule has 0 saturated heterocycles. The number of hydrogen-bond donors (Lipinski definition) is 1. The van der Waals surface area contributed by atoms with Gasteiger partial charge in [-0.25, -0.2) is 0 Å². The van der Waals surface area contributed by atoms with Crippen molar-refractivity contribution in [2.24, 2.45) is 0 Å². The van der Waals surface area contributed by atoms with Crippen molar-refractivity contribution in [3.63, 3.8) is 0 Å². The van der Waals surface area contributed by atoms with E-state index in [2.05, 4.69) is 62.5 Å². The van der Waals surface area contributed by atoms with Gasteiger partial charge >= 0.3 is 5.97 Å². The maximum atomic E-state index is 13.5. The lowest BCUT2D eigenvalue weighted by Gasteiger charge is -2.30. The number of likely N-dealkylation sites (N-methyl/N-ethyl adjacent to an activating group) is 1. The highest BCUT2D eigenvalue weighted by atomic mass is 31.2. The Kier molecular flexibility index (Phi) is 54.7. The van der Waals surface area contributed by atoms with Gasteiger partial charge in [0.05, 0.1) is 33.8 Å². The second-order valence-corrected chi connectivity index (χ2v) is 24.7. The summed E-state index contributed by atoms with van der Waals surface area (Å²) in [6, 6.07) is -0.892. The van der Waals surface area contributed by atoms with Gasteiger partial charge in [-0.3, -0.25) is 14.2 Å². The molecule has 0 aromatic carbocycles. The van der Waals surface area contributed by atoms with E-state index in [1.165, 1.54) is 199 Å². The molecule has 0 aliphatic heterocycles. The van der Waals surface area contributed by atoms with Crippen LogP contribution in [0.25, 0.3) is 0 Å². The fourth-order valence-electron chi connectivity index (χ4n) is 9.43. The molecule has 3 unspecified atom stereocenters. The average molecular weight is 1090 g/mol. The van der Waals surface area contributed by atoms with Crippen LogP contribution in [0.2, 0.25) is 0 Å². The molecule has 446 valence electrons. The molecular formula is C66H125N2O7P. The molecule has 0 bridgehead atoms. The van der Waals surface area contributed by atoms with Gasteiger partial charge in [-0.05, 0) is 89.5 Å². The van der Waals surface area contributed by atoms with Gasteiger partial charge < -0.3 is 28.5 Å². The lowest BCUT2D eigenvalue weighted by molar-refractivity contribution is -0.870. The summed E-state index contributed by atoms with van der Waals surface area (Å²) in [4.78, 5) is 40.0. The Labute approximate surface area is 471 Å². The number of quaternary nitrogens is 1. The number of phosphoric acid groups is 1. The van der Waals surface area contributed by atoms with Crippen molar-refractivity contribution in [3.05, 3.63) is 48.6 Å². The molecule has 0 fully saturated rings. The number of nitrogens with one attached hydrogen (secondary N) is 1. The summed E-state index contributed by atoms with van der Waals surface area (Å²) >= 11 is 0. The second kappa shape index (κ2) is 56.3. The Morgan fingerprint density at radius 3 is 1.24 bits per heavy atom. The normalized spacial score (nSPS) is 13.9. The molecule has 1 amide bonds. The highest BCUT2D eigenvalue weighted by molar-refractivity contribution is 7.45. The smallest absolute Gasteiger partial charge is 0.306 e. The number of nitrogens with zero attached hydrogens (tertiary/aromatic N) is 1. The number of hydrogen-bond acceptors (Lipinski definition) is 7. The van der Waals surface area contributed by atoms with E-state index >= 15 is 0 Å². The molecular weight excluding hydrogens is 964 g/mol. The van der Waals surface area contributed by atoms with Crippen LogP contribution in [0, 0.1) is 0 Å². The van der Waals surface area contributed by atoms with Gasteiger partial charge in [0.15, 0.2) is 0 Å². The van der Waals surface area contributed by atoms with Crippen molar-refractivity contribution in [2.75, 3.05) is 40.9 Å². The summed E-state index contributed by atoms with van der Waals surface area (Å²) in [6.45, 7) is 6.83. The van der Waals surface area contributed by atoms with Crippen LogP contribution in [0.3, 0.4) is 0 Å². The van der Waals surface area contributed by atoms with Crippen molar-refractivity contribution >= 4 is 19.7 Å². The molecule has 0 radical (unpaired) electrons. The average Bonchev–Trinajstić information content (AvgIpc) is 3.38. The van der Waals surface area contributed by atoms with Crippen LogP contribution in [0.1, 0.15) is 310 Å². The fourth-order valence-corrected chi connectivity index (χ4v) is 10.2. The van der Waals surface area contributed by atoms with E-state index in [4.69, 9.17) is 13.8 Å². The number of amides is 1. The molecule has 1 N–H and O–H groups in total. The summed E-state index contributed by atoms with van der Waals surface area (Å²) in [6.07, 6.45) is 69.4. The third-order valence-corrected chi connectivity index (χ3v) is 15.4. The summed E-state index contributed by atoms with van der Waals surface area (Å²) < 4.78 is 30.3. The second-order valence-electron chi connectivity index (χ2n) is 23.3. The van der Waals surface area contributed by atoms with Gasteiger partial charge in [-0.2, -0.15) is 0 Å². The molecule has 9 nitrogen and oxygen atoms in total. The molecule has 0 saturated carbocycles. The van der Waals surface area contributed by atoms with Crippen LogP contribution in [0.4, 0.5) is 0 Å². The number of phosphoric ester groups is 1. The standard InChI is InChI=1S/C66H125N2O7P/c1-7-10-13-16-19-22-25-28-29-30-31-32-33-34-35-36-37-38-39-41-43-46-49-52-55-58-65(69)67-63(62-74-76(71,72)73-61-60-68(4,5)6)64(57-54-51-48-45-42-27-24-21-18-15-12-9-3)75-66(70)59-56-53-50-47-44-40-26-23-20-17-14-11-8-2/h19,22,28-29,40,44,54,57,63-64H,7-18,20-21,23-27,30-39,41-43,45-53,55-56,58-62H2,1-6H3,(H-,67,69,71,72)/b22-19-,29-28-,44-40-,57-54-. The van der Waals surface area contributed by atoms with Gasteiger partial charge in [0.1, 0.15) is 19.3 Å². The number of unbranched alkanes of at least 4 members (excludes halogenated alkanes) is 37. The number of ether oxygens (including phenoxy) is 1. The van der Waals surface area contributed by atoms with Crippen LogP contribution < -0.4 is 10.2 Å². The van der Waals surface area contributed by atoms with Gasteiger partial charge in [0.25, 0.3) is 7.82 Å². The molecule has 3 atom stereocenters. The summed E-state index contributed by atoms with van der Waals surface area (Å²) in [7, 11) is 1.19. The van der Waals surface area contributed by atoms with Crippen molar-refractivity contribution in [1.29, 1.82) is 0 Å². The van der Waals surface area contributed by atoms with Gasteiger partial charge in [-0.1, -0.05) is 256 Å². The Hall–Kier alpha value is -2.03. The van der Waals surface area contributed by atoms with E-state index in [1.807, 2.05) is 33.3 Å². The zero-order valence-corrected chi connectivity index (χ0v) is 51.9. The SMILES string of the molecule is CCCCC/C=C\C/C=C\CCCCCCCCCCCCCCCCCC(=O)NC(COP(=O)([O-])OCC[N+](C)(C)C)C(/C=C\CCCCCCCCCCCC)OC(=O)CCCCC/C=C\CCCCCCCC. The third-order valence-electron chi connectivity index (χ3n) is 14.5. The molecule has 0 heterocycles. The topological polar surface area (TPSA) is 114 Å². The summed E-state index contributed by atoms with van der Waals surface area (Å²) in [5.74, 6) is -0.550. The maximum absolute atomic E-state index is 13.5. The number of rotatable bonds is 59. The highest BCUT2D eigenvalue weighted by Gasteiger charge is 2.27. The van der Waals surface area contributed by atoms with Gasteiger partial charge in [0, 0.05) is 12.8 Å². The predicted octanol–water partition coefficient (Wildman–Crippen LogP) is 19.4. The molecule has 0 aromatic rings. The molecule has 76 heavy (non-hydrogen) atoms. The lowest BCUT2D eigenvalue weighted by atomic mass is 10.0. The Balaban J connectivity index is 5.07. The van der Waals surface area contributed by atoms with E-state index in [9.17, 15) is 19.0 Å². The largest absolute Gasteiger partial charge is 0.756 e. The first-order valence-electron chi connectivity index (χ1n) is 32.4. The van der Waals surface area contributed by atoms with E-state index in [0.717, 1.165) is 70.6 Å².